The van der Waals surface area contributed by atoms with Gasteiger partial charge in [-0.1, -0.05) is 40.2 Å². The average molecular weight is 318 g/mol. The number of aryl methyl sites for hydroxylation is 1. The van der Waals surface area contributed by atoms with E-state index in [0.29, 0.717) is 13.2 Å². The molecule has 0 saturated heterocycles. The number of ether oxygens (including phenoxy) is 1. The van der Waals surface area contributed by atoms with Gasteiger partial charge < -0.3 is 10.1 Å². The summed E-state index contributed by atoms with van der Waals surface area (Å²) in [6.45, 7) is 3.54. The first kappa shape index (κ1) is 12.7. The number of benzene rings is 2. The molecule has 0 aromatic heterocycles. The highest BCUT2D eigenvalue weighted by Gasteiger charge is 2.20. The lowest BCUT2D eigenvalue weighted by Crippen LogP contribution is -2.23. The Morgan fingerprint density at radius 1 is 1.21 bits per heavy atom. The maximum atomic E-state index is 5.67. The molecule has 1 aliphatic rings. The smallest absolute Gasteiger partial charge is 0.0751 e. The molecule has 0 radical (unpaired) electrons. The Bertz CT molecular complexity index is 597. The minimum absolute atomic E-state index is 0.227. The zero-order chi connectivity index (χ0) is 13.2. The Labute approximate surface area is 121 Å². The van der Waals surface area contributed by atoms with Crippen LogP contribution in [-0.4, -0.2) is 6.61 Å². The van der Waals surface area contributed by atoms with Gasteiger partial charge in [-0.25, -0.2) is 0 Å². The second kappa shape index (κ2) is 5.35. The lowest BCUT2D eigenvalue weighted by molar-refractivity contribution is 0.0970. The average Bonchev–Trinajstić information content (AvgIpc) is 2.42. The first-order valence-electron chi connectivity index (χ1n) is 6.42. The first-order chi connectivity index (χ1) is 9.24. The van der Waals surface area contributed by atoms with Crippen molar-refractivity contribution in [2.45, 2.75) is 19.6 Å². The largest absolute Gasteiger partial charge is 0.376 e. The van der Waals surface area contributed by atoms with Crippen LogP contribution in [0.5, 0.6) is 0 Å². The second-order valence-electron chi connectivity index (χ2n) is 4.87. The van der Waals surface area contributed by atoms with Gasteiger partial charge in [0, 0.05) is 10.2 Å². The summed E-state index contributed by atoms with van der Waals surface area (Å²) in [4.78, 5) is 0. The van der Waals surface area contributed by atoms with Crippen LogP contribution >= 0.6 is 15.9 Å². The third-order valence-corrected chi connectivity index (χ3v) is 3.98. The molecular formula is C16H16BrNO. The summed E-state index contributed by atoms with van der Waals surface area (Å²) in [6, 6.07) is 15.0. The summed E-state index contributed by atoms with van der Waals surface area (Å²) in [5.41, 5.74) is 5.02. The van der Waals surface area contributed by atoms with Crippen LogP contribution < -0.4 is 5.32 Å². The van der Waals surface area contributed by atoms with Crippen LogP contribution in [0, 0.1) is 6.92 Å². The zero-order valence-corrected chi connectivity index (χ0v) is 12.4. The van der Waals surface area contributed by atoms with Crippen LogP contribution in [0.2, 0.25) is 0 Å². The highest BCUT2D eigenvalue weighted by Crippen LogP contribution is 2.29. The first-order valence-corrected chi connectivity index (χ1v) is 7.21. The molecule has 1 heterocycles. The van der Waals surface area contributed by atoms with Crippen LogP contribution in [0.1, 0.15) is 22.7 Å². The van der Waals surface area contributed by atoms with Gasteiger partial charge in [-0.2, -0.15) is 0 Å². The molecule has 2 nitrogen and oxygen atoms in total. The van der Waals surface area contributed by atoms with Crippen LogP contribution in [-0.2, 0) is 11.3 Å². The lowest BCUT2D eigenvalue weighted by Gasteiger charge is -2.28. The molecule has 1 unspecified atom stereocenters. The van der Waals surface area contributed by atoms with Crippen molar-refractivity contribution in [3.8, 4) is 0 Å². The fourth-order valence-electron chi connectivity index (χ4n) is 2.48. The van der Waals surface area contributed by atoms with Gasteiger partial charge in [0.25, 0.3) is 0 Å². The van der Waals surface area contributed by atoms with Crippen molar-refractivity contribution in [1.29, 1.82) is 0 Å². The predicted molar refractivity (Wildman–Crippen MR) is 81.3 cm³/mol. The van der Waals surface area contributed by atoms with Gasteiger partial charge in [0.05, 0.1) is 19.3 Å². The molecule has 19 heavy (non-hydrogen) atoms. The topological polar surface area (TPSA) is 21.3 Å². The van der Waals surface area contributed by atoms with Gasteiger partial charge in [-0.3, -0.25) is 0 Å². The molecule has 1 aliphatic heterocycles. The second-order valence-corrected chi connectivity index (χ2v) is 5.79. The Hall–Kier alpha value is -1.32. The predicted octanol–water partition coefficient (Wildman–Crippen LogP) is 4.44. The van der Waals surface area contributed by atoms with E-state index in [0.717, 1.165) is 10.2 Å². The molecular weight excluding hydrogens is 302 g/mol. The summed E-state index contributed by atoms with van der Waals surface area (Å²) in [5, 5.41) is 3.59. The lowest BCUT2D eigenvalue weighted by atomic mass is 9.98. The van der Waals surface area contributed by atoms with Crippen molar-refractivity contribution >= 4 is 21.6 Å². The van der Waals surface area contributed by atoms with Gasteiger partial charge in [-0.15, -0.1) is 0 Å². The molecule has 0 bridgehead atoms. The summed E-state index contributed by atoms with van der Waals surface area (Å²) < 4.78 is 6.78. The molecule has 0 aliphatic carbocycles. The van der Waals surface area contributed by atoms with Crippen molar-refractivity contribution in [3.05, 3.63) is 63.6 Å². The molecule has 3 rings (SSSR count). The molecule has 2 aromatic rings. The van der Waals surface area contributed by atoms with Gasteiger partial charge in [-0.05, 0) is 41.8 Å². The van der Waals surface area contributed by atoms with E-state index < -0.39 is 0 Å². The number of halogens is 1. The highest BCUT2D eigenvalue weighted by molar-refractivity contribution is 9.10. The van der Waals surface area contributed by atoms with E-state index in [1.165, 1.54) is 16.7 Å². The molecule has 0 amide bonds. The fraction of sp³-hybridized carbons (Fsp3) is 0.250. The molecule has 0 fully saturated rings. The molecule has 0 saturated carbocycles. The number of rotatable bonds is 2. The summed E-state index contributed by atoms with van der Waals surface area (Å²) in [7, 11) is 0. The maximum Gasteiger partial charge on any atom is 0.0751 e. The molecule has 2 aromatic carbocycles. The van der Waals surface area contributed by atoms with Gasteiger partial charge in [0.2, 0.25) is 0 Å². The summed E-state index contributed by atoms with van der Waals surface area (Å²) in [6.07, 6.45) is 0. The van der Waals surface area contributed by atoms with E-state index in [4.69, 9.17) is 4.74 Å². The third kappa shape index (κ3) is 2.67. The standard InChI is InChI=1S/C16H16BrNO/c1-11-8-13(17)6-7-15(11)18-16-10-19-9-12-4-2-3-5-14(12)16/h2-8,16,18H,9-10H2,1H3. The molecule has 0 spiro atoms. The monoisotopic (exact) mass is 317 g/mol. The van der Waals surface area contributed by atoms with Crippen LogP contribution in [0.3, 0.4) is 0 Å². The normalized spacial score (nSPS) is 17.9. The van der Waals surface area contributed by atoms with Gasteiger partial charge in [0.15, 0.2) is 0 Å². The Morgan fingerprint density at radius 2 is 2.05 bits per heavy atom. The minimum atomic E-state index is 0.227. The zero-order valence-electron chi connectivity index (χ0n) is 10.8. The van der Waals surface area contributed by atoms with Crippen molar-refractivity contribution < 1.29 is 4.74 Å². The number of hydrogen-bond acceptors (Lipinski definition) is 2. The third-order valence-electron chi connectivity index (χ3n) is 3.49. The van der Waals surface area contributed by atoms with E-state index in [1.54, 1.807) is 0 Å². The number of anilines is 1. The van der Waals surface area contributed by atoms with E-state index in [-0.39, 0.29) is 6.04 Å². The number of fused-ring (bicyclic) bond motifs is 1. The van der Waals surface area contributed by atoms with Crippen molar-refractivity contribution in [2.24, 2.45) is 0 Å². The van der Waals surface area contributed by atoms with Gasteiger partial charge in [0.1, 0.15) is 0 Å². The summed E-state index contributed by atoms with van der Waals surface area (Å²) in [5.74, 6) is 0. The van der Waals surface area contributed by atoms with Crippen LogP contribution in [0.25, 0.3) is 0 Å². The van der Waals surface area contributed by atoms with E-state index in [2.05, 4.69) is 70.6 Å². The van der Waals surface area contributed by atoms with Crippen molar-refractivity contribution in [1.82, 2.24) is 0 Å². The minimum Gasteiger partial charge on any atom is -0.376 e. The molecule has 3 heteroatoms. The van der Waals surface area contributed by atoms with Crippen LogP contribution in [0.15, 0.2) is 46.9 Å². The van der Waals surface area contributed by atoms with Crippen LogP contribution in [0.4, 0.5) is 5.69 Å². The SMILES string of the molecule is Cc1cc(Br)ccc1NC1COCc2ccccc21. The maximum absolute atomic E-state index is 5.67. The number of nitrogens with one attached hydrogen (secondary N) is 1. The molecule has 1 atom stereocenters. The Morgan fingerprint density at radius 3 is 2.89 bits per heavy atom. The highest BCUT2D eigenvalue weighted by atomic mass is 79.9. The van der Waals surface area contributed by atoms with E-state index in [9.17, 15) is 0 Å². The van der Waals surface area contributed by atoms with Gasteiger partial charge >= 0.3 is 0 Å². The molecule has 1 N–H and O–H groups in total. The number of hydrogen-bond donors (Lipinski definition) is 1. The summed E-state index contributed by atoms with van der Waals surface area (Å²) >= 11 is 3.49. The Kier molecular flexibility index (Phi) is 3.58. The fourth-order valence-corrected chi connectivity index (χ4v) is 2.95. The molecule has 98 valence electrons. The van der Waals surface area contributed by atoms with E-state index >= 15 is 0 Å². The van der Waals surface area contributed by atoms with E-state index in [1.807, 2.05) is 0 Å². The van der Waals surface area contributed by atoms with Crippen molar-refractivity contribution in [2.75, 3.05) is 11.9 Å². The van der Waals surface area contributed by atoms with Crippen molar-refractivity contribution in [3.63, 3.8) is 0 Å². The quantitative estimate of drug-likeness (QED) is 0.884. The Balaban J connectivity index is 1.88.